The largest absolute Gasteiger partial charge is 0.493 e. The SMILES string of the molecule is COc1ccc(-c2ccnc3cc(C(=O)Nc4ccc(OC(=O)CNC(=O)OC(C)(C)C)cc4)nn23)cc1OC. The third-order valence-corrected chi connectivity index (χ3v) is 5.39. The second-order valence-electron chi connectivity index (χ2n) is 9.51. The summed E-state index contributed by atoms with van der Waals surface area (Å²) in [4.78, 5) is 41.0. The molecule has 4 rings (SSSR count). The fourth-order valence-corrected chi connectivity index (χ4v) is 3.65. The minimum Gasteiger partial charge on any atom is -0.493 e. The Morgan fingerprint density at radius 1 is 0.925 bits per heavy atom. The lowest BCUT2D eigenvalue weighted by Gasteiger charge is -2.19. The number of hydrogen-bond acceptors (Lipinski definition) is 9. The Bertz CT molecular complexity index is 1540. The Labute approximate surface area is 230 Å². The summed E-state index contributed by atoms with van der Waals surface area (Å²) >= 11 is 0. The fourth-order valence-electron chi connectivity index (χ4n) is 3.65. The zero-order valence-electron chi connectivity index (χ0n) is 22.7. The van der Waals surface area contributed by atoms with Gasteiger partial charge in [-0.1, -0.05) is 0 Å². The quantitative estimate of drug-likeness (QED) is 0.246. The Morgan fingerprint density at radius 3 is 2.33 bits per heavy atom. The van der Waals surface area contributed by atoms with E-state index in [2.05, 4.69) is 20.7 Å². The maximum atomic E-state index is 12.9. The summed E-state index contributed by atoms with van der Waals surface area (Å²) in [6.07, 6.45) is 0.911. The van der Waals surface area contributed by atoms with Gasteiger partial charge >= 0.3 is 12.1 Å². The molecule has 208 valence electrons. The van der Waals surface area contributed by atoms with E-state index < -0.39 is 23.6 Å². The number of amides is 2. The van der Waals surface area contributed by atoms with Gasteiger partial charge in [0.25, 0.3) is 5.91 Å². The maximum Gasteiger partial charge on any atom is 0.408 e. The van der Waals surface area contributed by atoms with Crippen LogP contribution in [0.15, 0.2) is 60.8 Å². The van der Waals surface area contributed by atoms with Crippen LogP contribution in [0.4, 0.5) is 10.5 Å². The number of benzene rings is 2. The maximum absolute atomic E-state index is 12.9. The molecule has 0 saturated carbocycles. The molecule has 12 heteroatoms. The first-order valence-electron chi connectivity index (χ1n) is 12.2. The predicted octanol–water partition coefficient (Wildman–Crippen LogP) is 4.10. The molecule has 0 atom stereocenters. The monoisotopic (exact) mass is 547 g/mol. The third-order valence-electron chi connectivity index (χ3n) is 5.39. The Morgan fingerprint density at radius 2 is 1.65 bits per heavy atom. The summed E-state index contributed by atoms with van der Waals surface area (Å²) in [7, 11) is 3.12. The van der Waals surface area contributed by atoms with Gasteiger partial charge in [-0.05, 0) is 69.3 Å². The number of carbonyl (C=O) groups excluding carboxylic acids is 3. The van der Waals surface area contributed by atoms with Crippen molar-refractivity contribution in [1.82, 2.24) is 19.9 Å². The van der Waals surface area contributed by atoms with Gasteiger partial charge in [0.1, 0.15) is 17.9 Å². The molecule has 0 radical (unpaired) electrons. The van der Waals surface area contributed by atoms with Gasteiger partial charge in [0.2, 0.25) is 0 Å². The summed E-state index contributed by atoms with van der Waals surface area (Å²) in [6.45, 7) is 4.79. The van der Waals surface area contributed by atoms with E-state index in [-0.39, 0.29) is 18.0 Å². The van der Waals surface area contributed by atoms with E-state index in [1.807, 2.05) is 12.1 Å². The van der Waals surface area contributed by atoms with Gasteiger partial charge in [-0.25, -0.2) is 19.1 Å². The van der Waals surface area contributed by atoms with Crippen molar-refractivity contribution in [2.75, 3.05) is 26.1 Å². The average molecular weight is 548 g/mol. The number of nitrogens with one attached hydrogen (secondary N) is 2. The molecular formula is C28H29N5O7. The number of alkyl carbamates (subject to hydrolysis) is 1. The van der Waals surface area contributed by atoms with Crippen LogP contribution >= 0.6 is 0 Å². The van der Waals surface area contributed by atoms with Crippen LogP contribution < -0.4 is 24.8 Å². The van der Waals surface area contributed by atoms with Crippen molar-refractivity contribution in [2.45, 2.75) is 26.4 Å². The van der Waals surface area contributed by atoms with Crippen LogP contribution in [0, 0.1) is 0 Å². The molecular weight excluding hydrogens is 518 g/mol. The van der Waals surface area contributed by atoms with Crippen molar-refractivity contribution < 1.29 is 33.3 Å². The standard InChI is InChI=1S/C28H29N5O7/c1-28(2,3)40-27(36)30-16-25(34)39-19-9-7-18(8-10-19)31-26(35)20-15-24-29-13-12-21(33(24)32-20)17-6-11-22(37-4)23(14-17)38-5/h6-15H,16H2,1-5H3,(H,30,36)(H,31,35). The van der Waals surface area contributed by atoms with Crippen LogP contribution in [-0.2, 0) is 9.53 Å². The van der Waals surface area contributed by atoms with Crippen molar-refractivity contribution in [3.8, 4) is 28.5 Å². The topological polar surface area (TPSA) is 142 Å². The van der Waals surface area contributed by atoms with Crippen molar-refractivity contribution >= 4 is 29.3 Å². The van der Waals surface area contributed by atoms with Gasteiger partial charge in [-0.2, -0.15) is 5.10 Å². The second kappa shape index (κ2) is 11.7. The summed E-state index contributed by atoms with van der Waals surface area (Å²) in [5.41, 5.74) is 1.93. The number of nitrogens with zero attached hydrogens (tertiary/aromatic N) is 3. The second-order valence-corrected chi connectivity index (χ2v) is 9.51. The molecule has 2 heterocycles. The summed E-state index contributed by atoms with van der Waals surface area (Å²) in [5, 5.41) is 9.55. The van der Waals surface area contributed by atoms with Crippen molar-refractivity contribution in [1.29, 1.82) is 0 Å². The van der Waals surface area contributed by atoms with Gasteiger partial charge in [-0.15, -0.1) is 0 Å². The third kappa shape index (κ3) is 6.84. The lowest BCUT2D eigenvalue weighted by molar-refractivity contribution is -0.133. The van der Waals surface area contributed by atoms with Gasteiger partial charge < -0.3 is 29.6 Å². The molecule has 0 bridgehead atoms. The summed E-state index contributed by atoms with van der Waals surface area (Å²) in [5.74, 6) is 0.268. The van der Waals surface area contributed by atoms with Gasteiger partial charge in [0, 0.05) is 23.5 Å². The van der Waals surface area contributed by atoms with Crippen LogP contribution in [-0.4, -0.2) is 58.9 Å². The Hall–Kier alpha value is -5.13. The molecule has 0 aliphatic heterocycles. The minimum absolute atomic E-state index is 0.157. The zero-order valence-corrected chi connectivity index (χ0v) is 22.7. The first-order valence-corrected chi connectivity index (χ1v) is 12.2. The van der Waals surface area contributed by atoms with E-state index in [9.17, 15) is 14.4 Å². The minimum atomic E-state index is -0.722. The molecule has 12 nitrogen and oxygen atoms in total. The van der Waals surface area contributed by atoms with E-state index in [1.54, 1.807) is 76.0 Å². The van der Waals surface area contributed by atoms with Crippen molar-refractivity contribution in [3.05, 3.63) is 66.5 Å². The molecule has 2 amide bonds. The van der Waals surface area contributed by atoms with Crippen LogP contribution in [0.2, 0.25) is 0 Å². The number of rotatable bonds is 8. The molecule has 0 aliphatic rings. The van der Waals surface area contributed by atoms with Crippen LogP contribution in [0.25, 0.3) is 16.9 Å². The summed E-state index contributed by atoms with van der Waals surface area (Å²) in [6, 6.07) is 15.0. The number of fused-ring (bicyclic) bond motifs is 1. The first-order chi connectivity index (χ1) is 19.1. The highest BCUT2D eigenvalue weighted by Gasteiger charge is 2.18. The first kappa shape index (κ1) is 27.9. The number of ether oxygens (including phenoxy) is 4. The van der Waals surface area contributed by atoms with Crippen molar-refractivity contribution in [2.24, 2.45) is 0 Å². The molecule has 0 fully saturated rings. The van der Waals surface area contributed by atoms with E-state index in [4.69, 9.17) is 18.9 Å². The lowest BCUT2D eigenvalue weighted by Crippen LogP contribution is -2.36. The normalized spacial score (nSPS) is 11.0. The molecule has 2 N–H and O–H groups in total. The highest BCUT2D eigenvalue weighted by Crippen LogP contribution is 2.32. The molecule has 40 heavy (non-hydrogen) atoms. The molecule has 0 saturated heterocycles. The van der Waals surface area contributed by atoms with E-state index >= 15 is 0 Å². The van der Waals surface area contributed by atoms with Gasteiger partial charge in [-0.3, -0.25) is 4.79 Å². The smallest absolute Gasteiger partial charge is 0.408 e. The Kier molecular flexibility index (Phi) is 8.18. The van der Waals surface area contributed by atoms with E-state index in [0.29, 0.717) is 28.5 Å². The number of carbonyl (C=O) groups is 3. The number of aromatic nitrogens is 3. The average Bonchev–Trinajstić information content (AvgIpc) is 3.36. The molecule has 2 aromatic heterocycles. The van der Waals surface area contributed by atoms with E-state index in [0.717, 1.165) is 5.56 Å². The molecule has 0 aliphatic carbocycles. The van der Waals surface area contributed by atoms with Crippen LogP contribution in [0.5, 0.6) is 17.2 Å². The van der Waals surface area contributed by atoms with E-state index in [1.165, 1.54) is 12.1 Å². The fraction of sp³-hybridized carbons (Fsp3) is 0.250. The predicted molar refractivity (Wildman–Crippen MR) is 146 cm³/mol. The summed E-state index contributed by atoms with van der Waals surface area (Å²) < 4.78 is 22.6. The number of anilines is 1. The number of hydrogen-bond donors (Lipinski definition) is 2. The molecule has 4 aromatic rings. The lowest BCUT2D eigenvalue weighted by atomic mass is 10.1. The van der Waals surface area contributed by atoms with Crippen molar-refractivity contribution in [3.63, 3.8) is 0 Å². The van der Waals surface area contributed by atoms with Crippen LogP contribution in [0.3, 0.4) is 0 Å². The molecule has 0 spiro atoms. The highest BCUT2D eigenvalue weighted by molar-refractivity contribution is 6.03. The highest BCUT2D eigenvalue weighted by atomic mass is 16.6. The molecule has 0 unspecified atom stereocenters. The molecule has 2 aromatic carbocycles. The Balaban J connectivity index is 1.41. The zero-order chi connectivity index (χ0) is 28.9. The van der Waals surface area contributed by atoms with Gasteiger partial charge in [0.05, 0.1) is 19.9 Å². The van der Waals surface area contributed by atoms with Crippen LogP contribution in [0.1, 0.15) is 31.3 Å². The number of esters is 1. The number of methoxy groups -OCH3 is 2. The van der Waals surface area contributed by atoms with Gasteiger partial charge in [0.15, 0.2) is 22.8 Å².